The molecule has 3 heteroatoms. The number of hydrogen-bond donors (Lipinski definition) is 2. The van der Waals surface area contributed by atoms with Crippen LogP contribution < -0.4 is 11.1 Å². The van der Waals surface area contributed by atoms with Gasteiger partial charge in [-0.25, -0.2) is 0 Å². The van der Waals surface area contributed by atoms with Gasteiger partial charge < -0.3 is 11.1 Å². The van der Waals surface area contributed by atoms with Crippen LogP contribution in [-0.2, 0) is 17.8 Å². The fraction of sp³-hybridized carbons (Fsp3) is 0.417. The highest BCUT2D eigenvalue weighted by molar-refractivity contribution is 5.73. The highest BCUT2D eigenvalue weighted by Crippen LogP contribution is 2.08. The van der Waals surface area contributed by atoms with Crippen LogP contribution in [0.3, 0.4) is 0 Å². The third-order valence-electron chi connectivity index (χ3n) is 2.36. The molecule has 0 radical (unpaired) electrons. The van der Waals surface area contributed by atoms with Crippen LogP contribution in [0.1, 0.15) is 24.5 Å². The number of nitrogens with one attached hydrogen (secondary N) is 1. The Kier molecular flexibility index (Phi) is 4.84. The minimum atomic E-state index is -0.258. The topological polar surface area (TPSA) is 55.1 Å². The first-order valence-electron chi connectivity index (χ1n) is 5.30. The summed E-state index contributed by atoms with van der Waals surface area (Å²) in [6.45, 7) is 3.59. The average Bonchev–Trinajstić information content (AvgIpc) is 2.24. The molecule has 1 rings (SSSR count). The van der Waals surface area contributed by atoms with E-state index in [1.807, 2.05) is 12.1 Å². The normalized spacial score (nSPS) is 10.2. The Hall–Kier alpha value is -1.35. The van der Waals surface area contributed by atoms with E-state index in [0.29, 0.717) is 13.0 Å². The summed E-state index contributed by atoms with van der Waals surface area (Å²) in [7, 11) is 0. The first kappa shape index (κ1) is 11.7. The minimum Gasteiger partial charge on any atom is -0.370 e. The molecule has 0 bridgehead atoms. The van der Waals surface area contributed by atoms with E-state index in [-0.39, 0.29) is 5.91 Å². The van der Waals surface area contributed by atoms with E-state index in [1.165, 1.54) is 11.1 Å². The molecule has 0 atom stereocenters. The maximum Gasteiger partial charge on any atom is 0.218 e. The molecule has 0 unspecified atom stereocenters. The summed E-state index contributed by atoms with van der Waals surface area (Å²) < 4.78 is 0. The zero-order chi connectivity index (χ0) is 11.1. The summed E-state index contributed by atoms with van der Waals surface area (Å²) >= 11 is 0. The van der Waals surface area contributed by atoms with E-state index in [1.54, 1.807) is 0 Å². The van der Waals surface area contributed by atoms with Crippen molar-refractivity contribution in [3.05, 3.63) is 35.4 Å². The van der Waals surface area contributed by atoms with Crippen molar-refractivity contribution in [2.24, 2.45) is 5.73 Å². The Morgan fingerprint density at radius 1 is 1.33 bits per heavy atom. The van der Waals surface area contributed by atoms with E-state index in [2.05, 4.69) is 24.4 Å². The van der Waals surface area contributed by atoms with Crippen molar-refractivity contribution in [1.82, 2.24) is 5.32 Å². The number of rotatable bonds is 6. The van der Waals surface area contributed by atoms with Crippen molar-refractivity contribution in [3.63, 3.8) is 0 Å². The highest BCUT2D eigenvalue weighted by atomic mass is 16.1. The number of carbonyl (C=O) groups excluding carboxylic acids is 1. The fourth-order valence-corrected chi connectivity index (χ4v) is 1.51. The predicted molar refractivity (Wildman–Crippen MR) is 61.3 cm³/mol. The second kappa shape index (κ2) is 6.19. The van der Waals surface area contributed by atoms with E-state index < -0.39 is 0 Å². The van der Waals surface area contributed by atoms with Crippen molar-refractivity contribution in [3.8, 4) is 0 Å². The molecule has 0 saturated heterocycles. The fourth-order valence-electron chi connectivity index (χ4n) is 1.51. The van der Waals surface area contributed by atoms with Crippen LogP contribution in [0, 0.1) is 0 Å². The van der Waals surface area contributed by atoms with E-state index >= 15 is 0 Å². The molecular formula is C12H18N2O. The molecule has 0 heterocycles. The molecule has 0 aliphatic carbocycles. The zero-order valence-electron chi connectivity index (χ0n) is 9.12. The maximum absolute atomic E-state index is 10.5. The summed E-state index contributed by atoms with van der Waals surface area (Å²) in [5.74, 6) is -0.258. The number of amides is 1. The second-order valence-corrected chi connectivity index (χ2v) is 3.52. The van der Waals surface area contributed by atoms with Crippen LogP contribution in [0.5, 0.6) is 0 Å². The van der Waals surface area contributed by atoms with Gasteiger partial charge in [-0.2, -0.15) is 0 Å². The zero-order valence-corrected chi connectivity index (χ0v) is 9.12. The molecule has 0 fully saturated rings. The van der Waals surface area contributed by atoms with Gasteiger partial charge >= 0.3 is 0 Å². The summed E-state index contributed by atoms with van der Waals surface area (Å²) in [6, 6.07) is 8.32. The molecule has 0 aliphatic heterocycles. The van der Waals surface area contributed by atoms with Gasteiger partial charge in [0.2, 0.25) is 5.91 Å². The Bertz CT molecular complexity index is 323. The van der Waals surface area contributed by atoms with Gasteiger partial charge in [-0.15, -0.1) is 0 Å². The first-order chi connectivity index (χ1) is 7.24. The van der Waals surface area contributed by atoms with Gasteiger partial charge in [0.15, 0.2) is 0 Å². The van der Waals surface area contributed by atoms with Gasteiger partial charge in [-0.1, -0.05) is 31.2 Å². The van der Waals surface area contributed by atoms with Gasteiger partial charge in [0.05, 0.1) is 0 Å². The van der Waals surface area contributed by atoms with Gasteiger partial charge in [0.25, 0.3) is 0 Å². The van der Waals surface area contributed by atoms with E-state index in [9.17, 15) is 4.79 Å². The monoisotopic (exact) mass is 206 g/mol. The van der Waals surface area contributed by atoms with Gasteiger partial charge in [-0.05, 0) is 17.5 Å². The molecule has 0 aromatic heterocycles. The minimum absolute atomic E-state index is 0.258. The van der Waals surface area contributed by atoms with Gasteiger partial charge in [0, 0.05) is 19.5 Å². The number of benzene rings is 1. The van der Waals surface area contributed by atoms with Crippen LogP contribution in [0.4, 0.5) is 0 Å². The summed E-state index contributed by atoms with van der Waals surface area (Å²) in [6.07, 6.45) is 1.43. The molecule has 1 aromatic carbocycles. The molecule has 82 valence electrons. The van der Waals surface area contributed by atoms with Crippen molar-refractivity contribution in [2.45, 2.75) is 26.3 Å². The number of hydrogen-bond acceptors (Lipinski definition) is 2. The summed E-state index contributed by atoms with van der Waals surface area (Å²) in [5.41, 5.74) is 7.70. The molecule has 0 saturated carbocycles. The lowest BCUT2D eigenvalue weighted by Crippen LogP contribution is -2.22. The van der Waals surface area contributed by atoms with Gasteiger partial charge in [0.1, 0.15) is 0 Å². The largest absolute Gasteiger partial charge is 0.370 e. The number of nitrogens with two attached hydrogens (primary N) is 1. The molecule has 3 nitrogen and oxygen atoms in total. The standard InChI is InChI=1S/C12H18N2O/c1-2-10-5-3-4-6-11(10)9-14-8-7-12(13)15/h3-6,14H,2,7-9H2,1H3,(H2,13,15). The predicted octanol–water partition coefficient (Wildman–Crippen LogP) is 1.21. The summed E-state index contributed by atoms with van der Waals surface area (Å²) in [5, 5.41) is 3.21. The van der Waals surface area contributed by atoms with Crippen LogP contribution in [0.2, 0.25) is 0 Å². The SMILES string of the molecule is CCc1ccccc1CNCCC(N)=O. The molecule has 3 N–H and O–H groups in total. The molecular weight excluding hydrogens is 188 g/mol. The van der Waals surface area contributed by atoms with Crippen molar-refractivity contribution < 1.29 is 4.79 Å². The molecule has 1 aromatic rings. The average molecular weight is 206 g/mol. The Morgan fingerprint density at radius 2 is 2.00 bits per heavy atom. The van der Waals surface area contributed by atoms with Crippen molar-refractivity contribution in [2.75, 3.05) is 6.54 Å². The lowest BCUT2D eigenvalue weighted by atomic mass is 10.1. The van der Waals surface area contributed by atoms with Crippen molar-refractivity contribution in [1.29, 1.82) is 0 Å². The Labute approximate surface area is 90.7 Å². The Balaban J connectivity index is 2.39. The maximum atomic E-state index is 10.5. The van der Waals surface area contributed by atoms with Crippen LogP contribution in [0.15, 0.2) is 24.3 Å². The van der Waals surface area contributed by atoms with Crippen LogP contribution >= 0.6 is 0 Å². The molecule has 15 heavy (non-hydrogen) atoms. The smallest absolute Gasteiger partial charge is 0.218 e. The third kappa shape index (κ3) is 4.13. The van der Waals surface area contributed by atoms with Crippen LogP contribution in [0.25, 0.3) is 0 Å². The molecule has 0 spiro atoms. The number of aryl methyl sites for hydroxylation is 1. The molecule has 1 amide bonds. The number of carbonyl (C=O) groups is 1. The third-order valence-corrected chi connectivity index (χ3v) is 2.36. The lowest BCUT2D eigenvalue weighted by molar-refractivity contribution is -0.117. The quantitative estimate of drug-likeness (QED) is 0.687. The number of primary amides is 1. The Morgan fingerprint density at radius 3 is 2.60 bits per heavy atom. The molecule has 0 aliphatic rings. The van der Waals surface area contributed by atoms with E-state index in [0.717, 1.165) is 13.0 Å². The first-order valence-corrected chi connectivity index (χ1v) is 5.30. The summed E-state index contributed by atoms with van der Waals surface area (Å²) in [4.78, 5) is 10.5. The van der Waals surface area contributed by atoms with Crippen LogP contribution in [-0.4, -0.2) is 12.5 Å². The van der Waals surface area contributed by atoms with Gasteiger partial charge in [-0.3, -0.25) is 4.79 Å². The highest BCUT2D eigenvalue weighted by Gasteiger charge is 1.99. The second-order valence-electron chi connectivity index (χ2n) is 3.52. The van der Waals surface area contributed by atoms with E-state index in [4.69, 9.17) is 5.73 Å². The van der Waals surface area contributed by atoms with Crippen molar-refractivity contribution >= 4 is 5.91 Å². The lowest BCUT2D eigenvalue weighted by Gasteiger charge is -2.08.